The van der Waals surface area contributed by atoms with Gasteiger partial charge in [0.15, 0.2) is 11.6 Å². The Bertz CT molecular complexity index is 403. The Morgan fingerprint density at radius 2 is 2.18 bits per heavy atom. The fraction of sp³-hybridized carbons (Fsp3) is 0.571. The summed E-state index contributed by atoms with van der Waals surface area (Å²) in [6.45, 7) is 2.86. The van der Waals surface area contributed by atoms with Gasteiger partial charge in [0.1, 0.15) is 0 Å². The molecule has 2 nitrogen and oxygen atoms in total. The predicted molar refractivity (Wildman–Crippen MR) is 66.5 cm³/mol. The molecule has 0 bridgehead atoms. The second kappa shape index (κ2) is 4.65. The molecule has 0 aliphatic heterocycles. The van der Waals surface area contributed by atoms with Gasteiger partial charge in [-0.05, 0) is 54.8 Å². The van der Waals surface area contributed by atoms with Crippen molar-refractivity contribution < 1.29 is 9.13 Å². The summed E-state index contributed by atoms with van der Waals surface area (Å²) in [5.41, 5.74) is 6.99. The first-order valence-corrected chi connectivity index (χ1v) is 6.11. The van der Waals surface area contributed by atoms with E-state index < -0.39 is 0 Å². The van der Waals surface area contributed by atoms with Crippen LogP contribution in [0.2, 0.25) is 0 Å². The minimum atomic E-state index is -0.292. The Morgan fingerprint density at radius 3 is 2.65 bits per heavy atom. The normalized spacial score (nSPS) is 18.8. The lowest BCUT2D eigenvalue weighted by molar-refractivity contribution is 0.281. The molecule has 3 heteroatoms. The molecule has 1 aliphatic rings. The molecule has 0 radical (unpaired) electrons. The summed E-state index contributed by atoms with van der Waals surface area (Å²) in [6, 6.07) is 5.18. The van der Waals surface area contributed by atoms with E-state index >= 15 is 0 Å². The van der Waals surface area contributed by atoms with Gasteiger partial charge in [-0.15, -0.1) is 0 Å². The Balaban J connectivity index is 2.15. The summed E-state index contributed by atoms with van der Waals surface area (Å²) in [4.78, 5) is 0. The molecule has 0 heterocycles. The fourth-order valence-corrected chi connectivity index (χ4v) is 2.45. The summed E-state index contributed by atoms with van der Waals surface area (Å²) in [5.74, 6) is 0.715. The van der Waals surface area contributed by atoms with E-state index in [0.29, 0.717) is 18.2 Å². The molecule has 94 valence electrons. The smallest absolute Gasteiger partial charge is 0.165 e. The zero-order chi connectivity index (χ0) is 12.5. The molecular weight excluding hydrogens is 217 g/mol. The average Bonchev–Trinajstić information content (AvgIpc) is 3.13. The molecule has 1 aromatic carbocycles. The highest BCUT2D eigenvalue weighted by atomic mass is 19.1. The summed E-state index contributed by atoms with van der Waals surface area (Å²) in [5, 5.41) is 0. The van der Waals surface area contributed by atoms with Crippen molar-refractivity contribution in [2.75, 3.05) is 13.7 Å². The molecule has 2 rings (SSSR count). The van der Waals surface area contributed by atoms with E-state index in [4.69, 9.17) is 10.5 Å². The lowest BCUT2D eigenvalue weighted by Crippen LogP contribution is -2.31. The van der Waals surface area contributed by atoms with Gasteiger partial charge in [-0.1, -0.05) is 13.0 Å². The molecule has 1 unspecified atom stereocenters. The minimum absolute atomic E-state index is 0.112. The lowest BCUT2D eigenvalue weighted by atomic mass is 9.79. The van der Waals surface area contributed by atoms with E-state index in [1.54, 1.807) is 12.1 Å². The maximum atomic E-state index is 13.6. The van der Waals surface area contributed by atoms with E-state index in [9.17, 15) is 4.39 Å². The second-order valence-corrected chi connectivity index (χ2v) is 5.28. The molecule has 17 heavy (non-hydrogen) atoms. The Hall–Kier alpha value is -1.09. The van der Waals surface area contributed by atoms with Crippen LogP contribution >= 0.6 is 0 Å². The Morgan fingerprint density at radius 1 is 1.47 bits per heavy atom. The van der Waals surface area contributed by atoms with Crippen molar-refractivity contribution in [1.29, 1.82) is 0 Å². The largest absolute Gasteiger partial charge is 0.494 e. The molecule has 1 atom stereocenters. The van der Waals surface area contributed by atoms with Gasteiger partial charge in [0, 0.05) is 0 Å². The number of halogens is 1. The first-order chi connectivity index (χ1) is 8.09. The first kappa shape index (κ1) is 12.4. The number of methoxy groups -OCH3 is 1. The first-order valence-electron chi connectivity index (χ1n) is 6.11. The van der Waals surface area contributed by atoms with E-state index in [0.717, 1.165) is 12.0 Å². The van der Waals surface area contributed by atoms with Gasteiger partial charge in [-0.25, -0.2) is 4.39 Å². The maximum absolute atomic E-state index is 13.6. The van der Waals surface area contributed by atoms with Crippen molar-refractivity contribution in [1.82, 2.24) is 0 Å². The predicted octanol–water partition coefficient (Wildman–Crippen LogP) is 2.75. The number of hydrogen-bond donors (Lipinski definition) is 1. The summed E-state index contributed by atoms with van der Waals surface area (Å²) in [6.07, 6.45) is 3.35. The zero-order valence-corrected chi connectivity index (χ0v) is 10.5. The molecule has 0 amide bonds. The van der Waals surface area contributed by atoms with Crippen molar-refractivity contribution in [3.63, 3.8) is 0 Å². The van der Waals surface area contributed by atoms with Crippen molar-refractivity contribution in [2.24, 2.45) is 17.1 Å². The van der Waals surface area contributed by atoms with Gasteiger partial charge < -0.3 is 10.5 Å². The maximum Gasteiger partial charge on any atom is 0.165 e. The number of hydrogen-bond acceptors (Lipinski definition) is 2. The Labute approximate surface area is 102 Å². The highest BCUT2D eigenvalue weighted by Crippen LogP contribution is 2.46. The van der Waals surface area contributed by atoms with E-state index in [1.165, 1.54) is 20.0 Å². The Kier molecular flexibility index (Phi) is 3.38. The third-order valence-corrected chi connectivity index (χ3v) is 3.85. The van der Waals surface area contributed by atoms with Crippen LogP contribution in [0, 0.1) is 17.2 Å². The van der Waals surface area contributed by atoms with Gasteiger partial charge in [0.05, 0.1) is 7.11 Å². The van der Waals surface area contributed by atoms with Crippen LogP contribution in [0.5, 0.6) is 5.75 Å². The van der Waals surface area contributed by atoms with Crippen molar-refractivity contribution >= 4 is 0 Å². The highest BCUT2D eigenvalue weighted by Gasteiger charge is 2.40. The molecule has 1 fully saturated rings. The number of nitrogens with two attached hydrogens (primary N) is 1. The van der Waals surface area contributed by atoms with E-state index in [1.807, 2.05) is 6.07 Å². The summed E-state index contributed by atoms with van der Waals surface area (Å²) < 4.78 is 18.5. The number of benzene rings is 1. The molecule has 1 saturated carbocycles. The van der Waals surface area contributed by atoms with Gasteiger partial charge in [-0.2, -0.15) is 0 Å². The summed E-state index contributed by atoms with van der Waals surface area (Å²) >= 11 is 0. The third kappa shape index (κ3) is 2.60. The van der Waals surface area contributed by atoms with Crippen molar-refractivity contribution in [3.8, 4) is 5.75 Å². The minimum Gasteiger partial charge on any atom is -0.494 e. The van der Waals surface area contributed by atoms with Crippen LogP contribution in [0.1, 0.15) is 25.3 Å². The molecule has 2 N–H and O–H groups in total. The lowest BCUT2D eigenvalue weighted by Gasteiger charge is -2.28. The average molecular weight is 237 g/mol. The third-order valence-electron chi connectivity index (χ3n) is 3.85. The second-order valence-electron chi connectivity index (χ2n) is 5.28. The summed E-state index contributed by atoms with van der Waals surface area (Å²) in [7, 11) is 1.48. The van der Waals surface area contributed by atoms with Crippen LogP contribution in [-0.4, -0.2) is 13.7 Å². The fourth-order valence-electron chi connectivity index (χ4n) is 2.45. The molecule has 0 aromatic heterocycles. The van der Waals surface area contributed by atoms with E-state index in [2.05, 4.69) is 6.92 Å². The van der Waals surface area contributed by atoms with Crippen LogP contribution in [0.25, 0.3) is 0 Å². The van der Waals surface area contributed by atoms with Crippen molar-refractivity contribution in [3.05, 3.63) is 29.6 Å². The number of ether oxygens (including phenoxy) is 1. The molecule has 0 spiro atoms. The SMILES string of the molecule is COc1ccc(CC(C)(CN)C2CC2)cc1F. The van der Waals surface area contributed by atoms with Crippen LogP contribution in [0.3, 0.4) is 0 Å². The van der Waals surface area contributed by atoms with Gasteiger partial charge in [-0.3, -0.25) is 0 Å². The van der Waals surface area contributed by atoms with Crippen LogP contribution < -0.4 is 10.5 Å². The standard InChI is InChI=1S/C14H20FNO/c1-14(9-16,11-4-5-11)8-10-3-6-13(17-2)12(15)7-10/h3,6-7,11H,4-5,8-9,16H2,1-2H3. The van der Waals surface area contributed by atoms with Crippen LogP contribution in [0.4, 0.5) is 4.39 Å². The molecule has 0 saturated heterocycles. The zero-order valence-electron chi connectivity index (χ0n) is 10.5. The van der Waals surface area contributed by atoms with E-state index in [-0.39, 0.29) is 11.2 Å². The quantitative estimate of drug-likeness (QED) is 0.854. The van der Waals surface area contributed by atoms with Gasteiger partial charge >= 0.3 is 0 Å². The van der Waals surface area contributed by atoms with Gasteiger partial charge in [0.2, 0.25) is 0 Å². The molecule has 1 aliphatic carbocycles. The highest BCUT2D eigenvalue weighted by molar-refractivity contribution is 5.30. The molecular formula is C14H20FNO. The monoisotopic (exact) mass is 237 g/mol. The van der Waals surface area contributed by atoms with Crippen LogP contribution in [-0.2, 0) is 6.42 Å². The van der Waals surface area contributed by atoms with Crippen LogP contribution in [0.15, 0.2) is 18.2 Å². The van der Waals surface area contributed by atoms with Gasteiger partial charge in [0.25, 0.3) is 0 Å². The number of rotatable bonds is 5. The van der Waals surface area contributed by atoms with Crippen molar-refractivity contribution in [2.45, 2.75) is 26.2 Å². The topological polar surface area (TPSA) is 35.2 Å². The molecule has 1 aromatic rings.